The summed E-state index contributed by atoms with van der Waals surface area (Å²) in [6, 6.07) is 44.6. The second-order valence-electron chi connectivity index (χ2n) is 17.8. The van der Waals surface area contributed by atoms with Crippen LogP contribution in [0.15, 0.2) is 120 Å². The first-order valence-electron chi connectivity index (χ1n) is 21.2. The minimum absolute atomic E-state index is 0. The molecule has 0 N–H and O–H groups in total. The van der Waals surface area contributed by atoms with Gasteiger partial charge in [-0.25, -0.2) is 0 Å². The average Bonchev–Trinajstić information content (AvgIpc) is 3.81. The number of aromatic nitrogens is 3. The second-order valence-corrected chi connectivity index (χ2v) is 22.9. The Balaban J connectivity index is 0.000000208. The molecule has 307 valence electrons. The van der Waals surface area contributed by atoms with Crippen molar-refractivity contribution in [1.29, 1.82) is 0 Å². The quantitative estimate of drug-likeness (QED) is 0.101. The topological polar surface area (TPSA) is 43.9 Å². The van der Waals surface area contributed by atoms with Crippen LogP contribution in [0.3, 0.4) is 0 Å². The summed E-state index contributed by atoms with van der Waals surface area (Å²) in [4.78, 5) is 9.95. The van der Waals surface area contributed by atoms with E-state index in [-0.39, 0.29) is 20.1 Å². The summed E-state index contributed by atoms with van der Waals surface area (Å²) in [5.41, 5.74) is 12.5. The van der Waals surface area contributed by atoms with Crippen molar-refractivity contribution in [3.05, 3.63) is 144 Å². The molecule has 4 nitrogen and oxygen atoms in total. The number of benzene rings is 5. The molecule has 0 saturated heterocycles. The average molecular weight is 974 g/mol. The molecule has 0 bridgehead atoms. The first-order chi connectivity index (χ1) is 27.8. The molecule has 0 fully saturated rings. The Bertz CT molecular complexity index is 2650. The normalized spacial score (nSPS) is 12.6. The van der Waals surface area contributed by atoms with E-state index < -0.39 is 8.07 Å². The molecule has 8 aromatic rings. The molecule has 0 aliphatic heterocycles. The van der Waals surface area contributed by atoms with Crippen LogP contribution >= 0.6 is 0 Å². The third kappa shape index (κ3) is 8.55. The molecule has 1 atom stereocenters. The molecular weight excluding hydrogens is 915 g/mol. The summed E-state index contributed by atoms with van der Waals surface area (Å²) in [7, 11) is -1.44. The van der Waals surface area contributed by atoms with Crippen molar-refractivity contribution in [3.63, 3.8) is 0 Å². The fourth-order valence-corrected chi connectivity index (χ4v) is 10.0. The molecule has 0 aliphatic carbocycles. The largest absolute Gasteiger partial charge is 0.501 e. The van der Waals surface area contributed by atoms with Gasteiger partial charge < -0.3 is 14.0 Å². The maximum Gasteiger partial charge on any atom is 0.120 e. The number of hydrogen-bond donors (Lipinski definition) is 0. The Morgan fingerprint density at radius 2 is 1.39 bits per heavy atom. The molecule has 5 aromatic carbocycles. The van der Waals surface area contributed by atoms with E-state index in [1.807, 2.05) is 36.4 Å². The fraction of sp³-hybridized carbons (Fsp3) is 0.321. The first-order valence-corrected chi connectivity index (χ1v) is 24.7. The van der Waals surface area contributed by atoms with E-state index in [4.69, 9.17) is 14.4 Å². The number of para-hydroxylation sites is 4. The van der Waals surface area contributed by atoms with Gasteiger partial charge in [-0.3, -0.25) is 4.98 Å². The number of imidazole rings is 1. The van der Waals surface area contributed by atoms with Gasteiger partial charge in [0, 0.05) is 37.4 Å². The summed E-state index contributed by atoms with van der Waals surface area (Å²) < 4.78 is 8.73. The van der Waals surface area contributed by atoms with Gasteiger partial charge in [-0.05, 0) is 63.4 Å². The molecule has 1 unspecified atom stereocenters. The number of rotatable bonds is 10. The smallest absolute Gasteiger partial charge is 0.120 e. The molecule has 0 amide bonds. The second kappa shape index (κ2) is 17.9. The minimum Gasteiger partial charge on any atom is -0.501 e. The third-order valence-corrected chi connectivity index (χ3v) is 14.6. The maximum atomic E-state index is 6.40. The third-order valence-electron chi connectivity index (χ3n) is 12.5. The summed E-state index contributed by atoms with van der Waals surface area (Å²) in [6.45, 7) is 25.8. The van der Waals surface area contributed by atoms with Crippen LogP contribution in [0, 0.1) is 17.5 Å². The van der Waals surface area contributed by atoms with Crippen molar-refractivity contribution in [3.8, 4) is 28.3 Å². The van der Waals surface area contributed by atoms with E-state index in [1.165, 1.54) is 40.4 Å². The Morgan fingerprint density at radius 3 is 2.03 bits per heavy atom. The Kier molecular flexibility index (Phi) is 13.4. The summed E-state index contributed by atoms with van der Waals surface area (Å²) in [6.07, 6.45) is 4.55. The van der Waals surface area contributed by atoms with Gasteiger partial charge in [-0.2, -0.15) is 0 Å². The van der Waals surface area contributed by atoms with Crippen molar-refractivity contribution in [2.45, 2.75) is 106 Å². The van der Waals surface area contributed by atoms with Gasteiger partial charge >= 0.3 is 0 Å². The van der Waals surface area contributed by atoms with Crippen molar-refractivity contribution in [1.82, 2.24) is 14.5 Å². The van der Waals surface area contributed by atoms with Crippen LogP contribution in [0.5, 0.6) is 0 Å². The molecule has 3 heterocycles. The zero-order valence-corrected chi connectivity index (χ0v) is 40.1. The van der Waals surface area contributed by atoms with Gasteiger partial charge in [0.1, 0.15) is 5.58 Å². The van der Waals surface area contributed by atoms with Gasteiger partial charge in [-0.1, -0.05) is 159 Å². The van der Waals surface area contributed by atoms with Crippen LogP contribution in [-0.2, 0) is 20.1 Å². The van der Waals surface area contributed by atoms with Crippen LogP contribution < -0.4 is 5.19 Å². The minimum atomic E-state index is -1.44. The van der Waals surface area contributed by atoms with Crippen molar-refractivity contribution >= 4 is 46.2 Å². The van der Waals surface area contributed by atoms with Crippen molar-refractivity contribution in [2.24, 2.45) is 5.41 Å². The van der Waals surface area contributed by atoms with E-state index in [1.54, 1.807) is 0 Å². The maximum absolute atomic E-state index is 6.40. The molecule has 1 radical (unpaired) electrons. The summed E-state index contributed by atoms with van der Waals surface area (Å²) in [5, 5.41) is 3.70. The number of hydrogen-bond acceptors (Lipinski definition) is 3. The molecule has 0 aliphatic rings. The van der Waals surface area contributed by atoms with E-state index in [9.17, 15) is 0 Å². The number of furan rings is 1. The molecule has 0 spiro atoms. The Morgan fingerprint density at radius 1 is 0.729 bits per heavy atom. The molecule has 8 rings (SSSR count). The van der Waals surface area contributed by atoms with Gasteiger partial charge in [0.05, 0.1) is 30.5 Å². The van der Waals surface area contributed by atoms with Crippen LogP contribution in [0.25, 0.3) is 61.3 Å². The first kappa shape index (κ1) is 44.0. The van der Waals surface area contributed by atoms with Gasteiger partial charge in [0.25, 0.3) is 0 Å². The molecule has 3 aromatic heterocycles. The number of pyridine rings is 1. The Labute approximate surface area is 366 Å². The van der Waals surface area contributed by atoms with Gasteiger partial charge in [-0.15, -0.1) is 54.1 Å². The molecule has 0 saturated carbocycles. The predicted octanol–water partition coefficient (Wildman–Crippen LogP) is 14.7. The molecular formula is C53H59IrN3OSi-2. The SMILES string of the molecule is CC(C)c1cccc(C(C)C)c1-n1c(-c2[c-]ccc3c2oc2ccccc23)nc2ccccc21.CCC(C)(CC)C(C)c1cc(-c2[c-]cccc2)ncc1[Si](C)(C)C.[Ir]. The zero-order chi connectivity index (χ0) is 41.4. The molecule has 59 heavy (non-hydrogen) atoms. The van der Waals surface area contributed by atoms with Crippen molar-refractivity contribution < 1.29 is 24.5 Å². The number of fused-ring (bicyclic) bond motifs is 4. The van der Waals surface area contributed by atoms with E-state index in [2.05, 4.69) is 171 Å². The monoisotopic (exact) mass is 974 g/mol. The van der Waals surface area contributed by atoms with Crippen LogP contribution in [0.1, 0.15) is 103 Å². The van der Waals surface area contributed by atoms with Crippen molar-refractivity contribution in [2.75, 3.05) is 0 Å². The van der Waals surface area contributed by atoms with Crippen LogP contribution in [0.4, 0.5) is 0 Å². The van der Waals surface area contributed by atoms with Crippen LogP contribution in [-0.4, -0.2) is 22.6 Å². The zero-order valence-electron chi connectivity index (χ0n) is 36.7. The Hall–Kier alpha value is -4.61. The standard InChI is InChI=1S/C31H27N2O.C22H32NSi.Ir/c1-19(2)21-12-9-13-22(20(3)4)29(21)33-27-17-7-6-16-26(27)32-31(33)25-15-10-14-24-23-11-5-8-18-28(23)34-30(24)25;1-8-22(4,9-2)17(3)19-15-20(18-13-11-10-12-14-18)23-16-21(19)24(5,6)7;/h5-14,16-20H,1-4H3;10-13,15-17H,8-9H2,1-7H3;/q2*-1;. The summed E-state index contributed by atoms with van der Waals surface area (Å²) in [5.74, 6) is 2.13. The fourth-order valence-electron chi connectivity index (χ4n) is 8.44. The van der Waals surface area contributed by atoms with Gasteiger partial charge in [0.15, 0.2) is 0 Å². The molecule has 6 heteroatoms. The predicted molar refractivity (Wildman–Crippen MR) is 249 cm³/mol. The van der Waals surface area contributed by atoms with E-state index >= 15 is 0 Å². The number of nitrogens with zero attached hydrogens (tertiary/aromatic N) is 3. The summed E-state index contributed by atoms with van der Waals surface area (Å²) >= 11 is 0. The van der Waals surface area contributed by atoms with Gasteiger partial charge in [0.2, 0.25) is 0 Å². The van der Waals surface area contributed by atoms with E-state index in [0.29, 0.717) is 23.2 Å². The van der Waals surface area contributed by atoms with Crippen LogP contribution in [0.2, 0.25) is 19.6 Å². The van der Waals surface area contributed by atoms with E-state index in [0.717, 1.165) is 55.6 Å².